The molecular weight excluding hydrogens is 364 g/mol. The largest absolute Gasteiger partial charge is 0.510 e. The second kappa shape index (κ2) is 8.60. The fourth-order valence-electron chi connectivity index (χ4n) is 3.93. The first kappa shape index (κ1) is 20.8. The summed E-state index contributed by atoms with van der Waals surface area (Å²) in [5.74, 6) is -0.339. The van der Waals surface area contributed by atoms with E-state index in [0.29, 0.717) is 25.1 Å². The number of carbonyl (C=O) groups excluding carboxylic acids is 1. The van der Waals surface area contributed by atoms with Crippen LogP contribution in [-0.2, 0) is 16.0 Å². The van der Waals surface area contributed by atoms with Gasteiger partial charge in [0, 0.05) is 24.3 Å². The van der Waals surface area contributed by atoms with Crippen LogP contribution in [-0.4, -0.2) is 23.2 Å². The Balaban J connectivity index is 1.90. The van der Waals surface area contributed by atoms with Gasteiger partial charge in [-0.1, -0.05) is 50.2 Å². The molecule has 5 nitrogen and oxygen atoms in total. The molecule has 1 atom stereocenters. The second-order valence-electron chi connectivity index (χ2n) is 7.91. The molecule has 0 aliphatic carbocycles. The molecule has 0 bridgehead atoms. The number of anilines is 2. The molecule has 29 heavy (non-hydrogen) atoms. The van der Waals surface area contributed by atoms with E-state index in [-0.39, 0.29) is 17.4 Å². The Bertz CT molecular complexity index is 892. The number of benzene rings is 2. The normalized spacial score (nSPS) is 19.4. The van der Waals surface area contributed by atoms with Gasteiger partial charge in [0.25, 0.3) is 0 Å². The number of likely N-dealkylation sites (N-methyl/N-ethyl adjacent to an activating group) is 1. The fraction of sp³-hybridized carbons (Fsp3) is 0.375. The van der Waals surface area contributed by atoms with E-state index in [2.05, 4.69) is 12.1 Å². The van der Waals surface area contributed by atoms with Gasteiger partial charge in [-0.15, -0.1) is 0 Å². The van der Waals surface area contributed by atoms with E-state index in [0.717, 1.165) is 12.1 Å². The lowest BCUT2D eigenvalue weighted by Gasteiger charge is -2.42. The average molecular weight is 395 g/mol. The number of cyclic esters (lactones) is 1. The molecular formula is C24H30N2O3. The Kier molecular flexibility index (Phi) is 6.16. The van der Waals surface area contributed by atoms with Crippen LogP contribution in [0.5, 0.6) is 0 Å². The number of esters is 1. The van der Waals surface area contributed by atoms with E-state index in [1.807, 2.05) is 51.1 Å². The minimum absolute atomic E-state index is 0.0707. The molecule has 1 aliphatic rings. The molecule has 154 valence electrons. The molecule has 0 spiro atoms. The summed E-state index contributed by atoms with van der Waals surface area (Å²) in [6.07, 6.45) is 1.74. The summed E-state index contributed by atoms with van der Waals surface area (Å²) < 4.78 is 6.04. The number of carbonyl (C=O) groups is 1. The number of rotatable bonds is 7. The van der Waals surface area contributed by atoms with Crippen LogP contribution >= 0.6 is 0 Å². The number of nitrogens with two attached hydrogens (primary N) is 1. The van der Waals surface area contributed by atoms with Crippen molar-refractivity contribution >= 4 is 17.3 Å². The lowest BCUT2D eigenvalue weighted by Crippen LogP contribution is -2.47. The average Bonchev–Trinajstić information content (AvgIpc) is 2.69. The lowest BCUT2D eigenvalue weighted by atomic mass is 9.79. The summed E-state index contributed by atoms with van der Waals surface area (Å²) in [6.45, 7) is 6.51. The van der Waals surface area contributed by atoms with E-state index >= 15 is 0 Å². The monoisotopic (exact) mass is 394 g/mol. The molecule has 0 saturated carbocycles. The van der Waals surface area contributed by atoms with Crippen molar-refractivity contribution in [1.82, 2.24) is 0 Å². The summed E-state index contributed by atoms with van der Waals surface area (Å²) >= 11 is 0. The van der Waals surface area contributed by atoms with Crippen molar-refractivity contribution in [3.8, 4) is 0 Å². The van der Waals surface area contributed by atoms with Crippen molar-refractivity contribution in [2.45, 2.75) is 45.6 Å². The molecule has 3 rings (SSSR count). The maximum atomic E-state index is 13.1. The molecule has 0 fully saturated rings. The van der Waals surface area contributed by atoms with Gasteiger partial charge in [-0.05, 0) is 49.4 Å². The van der Waals surface area contributed by atoms with Crippen LogP contribution in [0.4, 0.5) is 11.4 Å². The van der Waals surface area contributed by atoms with Gasteiger partial charge in [0.15, 0.2) is 5.70 Å². The molecule has 2 aromatic carbocycles. The zero-order valence-corrected chi connectivity index (χ0v) is 17.4. The first-order chi connectivity index (χ1) is 13.9. The third kappa shape index (κ3) is 4.39. The molecule has 0 aromatic heterocycles. The third-order valence-corrected chi connectivity index (χ3v) is 5.73. The van der Waals surface area contributed by atoms with E-state index in [4.69, 9.17) is 10.5 Å². The minimum Gasteiger partial charge on any atom is -0.510 e. The summed E-state index contributed by atoms with van der Waals surface area (Å²) in [4.78, 5) is 14.8. The SMILES string of the molecule is CCN(C1=C(O)CC(CCc2ccccc2)(C(C)C)OC1=O)c1cccc(N)c1. The summed E-state index contributed by atoms with van der Waals surface area (Å²) in [7, 11) is 0. The van der Waals surface area contributed by atoms with Crippen molar-refractivity contribution in [3.05, 3.63) is 71.6 Å². The van der Waals surface area contributed by atoms with Gasteiger partial charge in [0.1, 0.15) is 11.4 Å². The molecule has 0 saturated heterocycles. The Morgan fingerprint density at radius 1 is 1.17 bits per heavy atom. The van der Waals surface area contributed by atoms with Gasteiger partial charge in [-0.2, -0.15) is 0 Å². The topological polar surface area (TPSA) is 75.8 Å². The van der Waals surface area contributed by atoms with E-state index in [9.17, 15) is 9.90 Å². The first-order valence-electron chi connectivity index (χ1n) is 10.2. The van der Waals surface area contributed by atoms with Gasteiger partial charge in [0.2, 0.25) is 0 Å². The van der Waals surface area contributed by atoms with Crippen molar-refractivity contribution in [1.29, 1.82) is 0 Å². The number of nitrogens with zero attached hydrogens (tertiary/aromatic N) is 1. The van der Waals surface area contributed by atoms with Crippen molar-refractivity contribution in [2.75, 3.05) is 17.2 Å². The smallest absolute Gasteiger partial charge is 0.359 e. The molecule has 1 heterocycles. The highest BCUT2D eigenvalue weighted by molar-refractivity contribution is 5.94. The van der Waals surface area contributed by atoms with Gasteiger partial charge in [-0.3, -0.25) is 0 Å². The van der Waals surface area contributed by atoms with Gasteiger partial charge < -0.3 is 20.5 Å². The lowest BCUT2D eigenvalue weighted by molar-refractivity contribution is -0.166. The number of nitrogen functional groups attached to an aromatic ring is 1. The number of aliphatic hydroxyl groups is 1. The summed E-state index contributed by atoms with van der Waals surface area (Å²) in [6, 6.07) is 17.4. The van der Waals surface area contributed by atoms with E-state index in [1.54, 1.807) is 17.0 Å². The highest BCUT2D eigenvalue weighted by Crippen LogP contribution is 2.40. The Labute approximate surface area is 172 Å². The summed E-state index contributed by atoms with van der Waals surface area (Å²) in [5, 5.41) is 11.0. The predicted molar refractivity (Wildman–Crippen MR) is 117 cm³/mol. The Hall–Kier alpha value is -2.95. The number of hydrogen-bond donors (Lipinski definition) is 2. The zero-order valence-electron chi connectivity index (χ0n) is 17.4. The van der Waals surface area contributed by atoms with Crippen LogP contribution in [0.15, 0.2) is 66.1 Å². The van der Waals surface area contributed by atoms with Crippen LogP contribution < -0.4 is 10.6 Å². The van der Waals surface area contributed by atoms with Crippen molar-refractivity contribution in [2.24, 2.45) is 5.92 Å². The van der Waals surface area contributed by atoms with Crippen LogP contribution in [0.1, 0.15) is 39.2 Å². The molecule has 0 radical (unpaired) electrons. The van der Waals surface area contributed by atoms with Crippen LogP contribution in [0.2, 0.25) is 0 Å². The second-order valence-corrected chi connectivity index (χ2v) is 7.91. The maximum absolute atomic E-state index is 13.1. The molecule has 2 aromatic rings. The molecule has 0 amide bonds. The van der Waals surface area contributed by atoms with E-state index < -0.39 is 11.6 Å². The zero-order chi connectivity index (χ0) is 21.0. The first-order valence-corrected chi connectivity index (χ1v) is 10.2. The molecule has 1 aliphatic heterocycles. The van der Waals surface area contributed by atoms with Crippen LogP contribution in [0.3, 0.4) is 0 Å². The Morgan fingerprint density at radius 2 is 1.90 bits per heavy atom. The number of aliphatic hydroxyl groups excluding tert-OH is 1. The standard InChI is InChI=1S/C24H30N2O3/c1-4-26(20-12-8-11-19(25)15-20)22-21(27)16-24(17(2)3,29-23(22)28)14-13-18-9-6-5-7-10-18/h5-12,15,17,27H,4,13-14,16,25H2,1-3H3. The molecule has 5 heteroatoms. The quantitative estimate of drug-likeness (QED) is 0.519. The van der Waals surface area contributed by atoms with Gasteiger partial charge in [-0.25, -0.2) is 4.79 Å². The number of hydrogen-bond acceptors (Lipinski definition) is 5. The molecule has 3 N–H and O–H groups in total. The van der Waals surface area contributed by atoms with E-state index in [1.165, 1.54) is 5.56 Å². The molecule has 1 unspecified atom stereocenters. The van der Waals surface area contributed by atoms with Crippen LogP contribution in [0, 0.1) is 5.92 Å². The van der Waals surface area contributed by atoms with Gasteiger partial charge in [0.05, 0.1) is 0 Å². The highest BCUT2D eigenvalue weighted by atomic mass is 16.6. The predicted octanol–water partition coefficient (Wildman–Crippen LogP) is 4.84. The fourth-order valence-corrected chi connectivity index (χ4v) is 3.93. The minimum atomic E-state index is -0.727. The van der Waals surface area contributed by atoms with Crippen LogP contribution in [0.25, 0.3) is 0 Å². The highest BCUT2D eigenvalue weighted by Gasteiger charge is 2.45. The third-order valence-electron chi connectivity index (χ3n) is 5.73. The van der Waals surface area contributed by atoms with Gasteiger partial charge >= 0.3 is 5.97 Å². The van der Waals surface area contributed by atoms with Crippen molar-refractivity contribution in [3.63, 3.8) is 0 Å². The summed E-state index contributed by atoms with van der Waals surface area (Å²) in [5.41, 5.74) is 7.93. The van der Waals surface area contributed by atoms with Crippen molar-refractivity contribution < 1.29 is 14.6 Å². The maximum Gasteiger partial charge on any atom is 0.359 e. The number of aryl methyl sites for hydroxylation is 1. The number of ether oxygens (including phenoxy) is 1. The Morgan fingerprint density at radius 3 is 2.48 bits per heavy atom.